The molecule has 1 atom stereocenters. The molecule has 0 aliphatic carbocycles. The van der Waals surface area contributed by atoms with E-state index in [1.54, 1.807) is 43.8 Å². The lowest BCUT2D eigenvalue weighted by Gasteiger charge is -2.29. The fraction of sp³-hybridized carbons (Fsp3) is 0.222. The standard InChI is InChI=1S/C18H19N3O3S2/c1-10-15(16(21-18(25)19-10)14-5-4-8-26-14)17(22)20-12-7-6-11(23-2)9-13(12)24-3/h4-9,16H,1-3H3,(H,20,22)(H2,19,21,25)/t16-/m0/s1. The Bertz CT molecular complexity index is 863. The Balaban J connectivity index is 1.92. The van der Waals surface area contributed by atoms with Gasteiger partial charge < -0.3 is 25.4 Å². The van der Waals surface area contributed by atoms with Gasteiger partial charge in [0.05, 0.1) is 31.5 Å². The number of thiocarbonyl (C=S) groups is 1. The molecule has 0 spiro atoms. The summed E-state index contributed by atoms with van der Waals surface area (Å²) in [5.74, 6) is 0.945. The molecule has 0 radical (unpaired) electrons. The molecule has 1 aliphatic rings. The van der Waals surface area contributed by atoms with Crippen molar-refractivity contribution in [2.75, 3.05) is 19.5 Å². The van der Waals surface area contributed by atoms with Crippen LogP contribution in [0.15, 0.2) is 47.0 Å². The van der Waals surface area contributed by atoms with Gasteiger partial charge in [-0.2, -0.15) is 0 Å². The summed E-state index contributed by atoms with van der Waals surface area (Å²) in [5, 5.41) is 11.6. The van der Waals surface area contributed by atoms with Crippen molar-refractivity contribution in [2.45, 2.75) is 13.0 Å². The molecule has 6 nitrogen and oxygen atoms in total. The number of allylic oxidation sites excluding steroid dienone is 1. The number of thiophene rings is 1. The lowest BCUT2D eigenvalue weighted by atomic mass is 10.0. The number of carbonyl (C=O) groups excluding carboxylic acids is 1. The van der Waals surface area contributed by atoms with E-state index in [2.05, 4.69) is 16.0 Å². The minimum atomic E-state index is -0.298. The first kappa shape index (κ1) is 18.2. The highest BCUT2D eigenvalue weighted by Gasteiger charge is 2.30. The minimum Gasteiger partial charge on any atom is -0.497 e. The van der Waals surface area contributed by atoms with Crippen LogP contribution in [0.2, 0.25) is 0 Å². The normalized spacial score (nSPS) is 16.6. The van der Waals surface area contributed by atoms with Crippen molar-refractivity contribution in [1.29, 1.82) is 0 Å². The van der Waals surface area contributed by atoms with Gasteiger partial charge >= 0.3 is 0 Å². The van der Waals surface area contributed by atoms with Crippen LogP contribution >= 0.6 is 23.6 Å². The summed E-state index contributed by atoms with van der Waals surface area (Å²) >= 11 is 6.82. The van der Waals surface area contributed by atoms with Gasteiger partial charge in [0.1, 0.15) is 11.5 Å². The fourth-order valence-corrected chi connectivity index (χ4v) is 3.81. The third-order valence-electron chi connectivity index (χ3n) is 4.00. The zero-order valence-electron chi connectivity index (χ0n) is 14.6. The molecule has 0 unspecified atom stereocenters. The van der Waals surface area contributed by atoms with Crippen LogP contribution in [0.1, 0.15) is 17.8 Å². The van der Waals surface area contributed by atoms with Crippen molar-refractivity contribution in [1.82, 2.24) is 10.6 Å². The number of methoxy groups -OCH3 is 2. The van der Waals surface area contributed by atoms with E-state index in [0.717, 1.165) is 10.6 Å². The Labute approximate surface area is 161 Å². The van der Waals surface area contributed by atoms with E-state index in [1.807, 2.05) is 24.4 Å². The average molecular weight is 390 g/mol. The van der Waals surface area contributed by atoms with Crippen LogP contribution in [-0.4, -0.2) is 25.2 Å². The highest BCUT2D eigenvalue weighted by Crippen LogP contribution is 2.33. The third-order valence-corrected chi connectivity index (χ3v) is 5.16. The maximum atomic E-state index is 13.0. The Kier molecular flexibility index (Phi) is 5.43. The first-order valence-electron chi connectivity index (χ1n) is 7.88. The van der Waals surface area contributed by atoms with Gasteiger partial charge in [-0.3, -0.25) is 4.79 Å². The van der Waals surface area contributed by atoms with Crippen molar-refractivity contribution < 1.29 is 14.3 Å². The van der Waals surface area contributed by atoms with Crippen LogP contribution in [0.25, 0.3) is 0 Å². The molecular weight excluding hydrogens is 370 g/mol. The number of carbonyl (C=O) groups is 1. The van der Waals surface area contributed by atoms with E-state index in [-0.39, 0.29) is 11.9 Å². The fourth-order valence-electron chi connectivity index (χ4n) is 2.76. The molecule has 2 heterocycles. The van der Waals surface area contributed by atoms with Crippen LogP contribution in [0.3, 0.4) is 0 Å². The molecule has 0 fully saturated rings. The lowest BCUT2D eigenvalue weighted by molar-refractivity contribution is -0.113. The average Bonchev–Trinajstić information content (AvgIpc) is 3.15. The highest BCUT2D eigenvalue weighted by molar-refractivity contribution is 7.80. The predicted octanol–water partition coefficient (Wildman–Crippen LogP) is 3.20. The van der Waals surface area contributed by atoms with Gasteiger partial charge in [0.15, 0.2) is 5.11 Å². The van der Waals surface area contributed by atoms with E-state index in [0.29, 0.717) is 27.9 Å². The summed E-state index contributed by atoms with van der Waals surface area (Å²) in [6.45, 7) is 1.84. The van der Waals surface area contributed by atoms with Gasteiger partial charge in [0.2, 0.25) is 0 Å². The van der Waals surface area contributed by atoms with Crippen LogP contribution in [0, 0.1) is 0 Å². The van der Waals surface area contributed by atoms with E-state index < -0.39 is 0 Å². The number of hydrogen-bond donors (Lipinski definition) is 3. The van der Waals surface area contributed by atoms with Crippen molar-refractivity contribution in [3.63, 3.8) is 0 Å². The summed E-state index contributed by atoms with van der Waals surface area (Å²) in [5.41, 5.74) is 1.87. The molecule has 3 N–H and O–H groups in total. The van der Waals surface area contributed by atoms with E-state index >= 15 is 0 Å². The zero-order valence-corrected chi connectivity index (χ0v) is 16.2. The number of anilines is 1. The first-order valence-corrected chi connectivity index (χ1v) is 9.17. The molecule has 2 aromatic rings. The van der Waals surface area contributed by atoms with Gasteiger partial charge in [0.25, 0.3) is 5.91 Å². The number of hydrogen-bond acceptors (Lipinski definition) is 5. The maximum Gasteiger partial charge on any atom is 0.255 e. The maximum absolute atomic E-state index is 13.0. The molecule has 0 saturated heterocycles. The Morgan fingerprint density at radius 3 is 2.73 bits per heavy atom. The summed E-state index contributed by atoms with van der Waals surface area (Å²) in [7, 11) is 3.13. The molecule has 26 heavy (non-hydrogen) atoms. The van der Waals surface area contributed by atoms with Gasteiger partial charge in [-0.1, -0.05) is 6.07 Å². The van der Waals surface area contributed by atoms with Gasteiger partial charge in [-0.25, -0.2) is 0 Å². The second-order valence-electron chi connectivity index (χ2n) is 5.61. The molecule has 1 aliphatic heterocycles. The Morgan fingerprint density at radius 1 is 1.27 bits per heavy atom. The predicted molar refractivity (Wildman–Crippen MR) is 107 cm³/mol. The summed E-state index contributed by atoms with van der Waals surface area (Å²) in [6, 6.07) is 8.87. The van der Waals surface area contributed by atoms with Crippen LogP contribution in [0.5, 0.6) is 11.5 Å². The summed E-state index contributed by atoms with van der Waals surface area (Å²) in [6.07, 6.45) is 0. The van der Waals surface area contributed by atoms with Crippen molar-refractivity contribution >= 4 is 40.3 Å². The van der Waals surface area contributed by atoms with Gasteiger partial charge in [-0.15, -0.1) is 11.3 Å². The zero-order chi connectivity index (χ0) is 18.7. The molecular formula is C18H19N3O3S2. The minimum absolute atomic E-state index is 0.230. The van der Waals surface area contributed by atoms with Crippen molar-refractivity contribution in [2.24, 2.45) is 0 Å². The molecule has 8 heteroatoms. The largest absolute Gasteiger partial charge is 0.497 e. The van der Waals surface area contributed by atoms with E-state index in [9.17, 15) is 4.79 Å². The third kappa shape index (κ3) is 3.66. The molecule has 136 valence electrons. The Hall–Kier alpha value is -2.58. The topological polar surface area (TPSA) is 71.6 Å². The number of ether oxygens (including phenoxy) is 2. The second kappa shape index (κ2) is 7.76. The monoisotopic (exact) mass is 389 g/mol. The number of rotatable bonds is 5. The SMILES string of the molecule is COc1ccc(NC(=O)C2=C(C)NC(=S)N[C@H]2c2cccs2)c(OC)c1. The lowest BCUT2D eigenvalue weighted by Crippen LogP contribution is -2.45. The van der Waals surface area contributed by atoms with Gasteiger partial charge in [0, 0.05) is 16.6 Å². The molecule has 1 aromatic carbocycles. The van der Waals surface area contributed by atoms with E-state index in [4.69, 9.17) is 21.7 Å². The number of benzene rings is 1. The quantitative estimate of drug-likeness (QED) is 0.682. The van der Waals surface area contributed by atoms with Crippen LogP contribution < -0.4 is 25.4 Å². The van der Waals surface area contributed by atoms with E-state index in [1.165, 1.54) is 0 Å². The summed E-state index contributed by atoms with van der Waals surface area (Å²) in [4.78, 5) is 14.1. The van der Waals surface area contributed by atoms with Crippen LogP contribution in [0.4, 0.5) is 5.69 Å². The second-order valence-corrected chi connectivity index (χ2v) is 6.99. The van der Waals surface area contributed by atoms with Crippen molar-refractivity contribution in [3.05, 3.63) is 51.9 Å². The van der Waals surface area contributed by atoms with Crippen LogP contribution in [-0.2, 0) is 4.79 Å². The molecule has 0 saturated carbocycles. The summed E-state index contributed by atoms with van der Waals surface area (Å²) < 4.78 is 10.6. The molecule has 3 rings (SSSR count). The highest BCUT2D eigenvalue weighted by atomic mass is 32.1. The first-order chi connectivity index (χ1) is 12.5. The van der Waals surface area contributed by atoms with Crippen molar-refractivity contribution in [3.8, 4) is 11.5 Å². The molecule has 1 amide bonds. The smallest absolute Gasteiger partial charge is 0.255 e. The number of amides is 1. The molecule has 1 aromatic heterocycles. The number of nitrogens with one attached hydrogen (secondary N) is 3. The molecule has 0 bridgehead atoms. The van der Waals surface area contributed by atoms with Gasteiger partial charge in [-0.05, 0) is 42.7 Å². The Morgan fingerprint density at radius 2 is 2.08 bits per heavy atom.